The molecule has 2 aliphatic heterocycles. The van der Waals surface area contributed by atoms with Crippen molar-refractivity contribution in [2.45, 2.75) is 276 Å². The summed E-state index contributed by atoms with van der Waals surface area (Å²) in [6.45, 7) is 15.6. The molecule has 7 fully saturated rings. The number of nitrogens with two attached hydrogens (primary N) is 1. The summed E-state index contributed by atoms with van der Waals surface area (Å²) in [6.07, 6.45) is 33.3. The van der Waals surface area contributed by atoms with Crippen LogP contribution in [0.2, 0.25) is 0 Å². The molecule has 0 radical (unpaired) electrons. The minimum atomic E-state index is -0.173. The molecule has 26 nitrogen and oxygen atoms in total. The van der Waals surface area contributed by atoms with Gasteiger partial charge in [0, 0.05) is 106 Å². The van der Waals surface area contributed by atoms with Crippen LogP contribution in [0.15, 0.2) is 87.6 Å². The highest BCUT2D eigenvalue weighted by Crippen LogP contribution is 2.40. The largest absolute Gasteiger partial charge is 0.473 e. The average Bonchev–Trinajstić information content (AvgIpc) is 1.72. The summed E-state index contributed by atoms with van der Waals surface area (Å²) >= 11 is 16.0. The van der Waals surface area contributed by atoms with Crippen LogP contribution in [0.4, 0.5) is 17.5 Å². The van der Waals surface area contributed by atoms with Crippen molar-refractivity contribution in [2.75, 3.05) is 55.8 Å². The van der Waals surface area contributed by atoms with E-state index in [0.29, 0.717) is 43.2 Å². The first-order valence-electron chi connectivity index (χ1n) is 47.3. The number of primary amides is 1. The van der Waals surface area contributed by atoms with Crippen LogP contribution in [0.3, 0.4) is 0 Å². The van der Waals surface area contributed by atoms with E-state index in [9.17, 15) is 9.90 Å². The summed E-state index contributed by atoms with van der Waals surface area (Å²) in [7, 11) is 1.81. The number of aliphatic hydroxyl groups excluding tert-OH is 1. The Bertz CT molecular complexity index is 6120. The highest BCUT2D eigenvalue weighted by molar-refractivity contribution is 7.19. The third-order valence-electron chi connectivity index (χ3n) is 26.4. The van der Waals surface area contributed by atoms with E-state index in [1.165, 1.54) is 166 Å². The molecular formula is C97H119N21O5S10. The number of aromatic nitrogens is 15. The molecule has 0 unspecified atom stereocenters. The zero-order valence-electron chi connectivity index (χ0n) is 76.5. The number of methoxy groups -OCH3 is 1. The zero-order chi connectivity index (χ0) is 91.1. The maximum Gasteiger partial charge on any atom is 0.235 e. The molecule has 5 saturated carbocycles. The molecule has 15 aromatic heterocycles. The molecule has 0 atom stereocenters. The van der Waals surface area contributed by atoms with Gasteiger partial charge in [0.05, 0.1) is 76.3 Å². The topological polar surface area (TPSA) is 327 Å². The van der Waals surface area contributed by atoms with Crippen LogP contribution in [-0.4, -0.2) is 181 Å². The van der Waals surface area contributed by atoms with Gasteiger partial charge >= 0.3 is 0 Å². The van der Waals surface area contributed by atoms with E-state index in [-0.39, 0.29) is 24.0 Å². The van der Waals surface area contributed by atoms with Gasteiger partial charge in [0.2, 0.25) is 17.7 Å². The van der Waals surface area contributed by atoms with Crippen LogP contribution >= 0.6 is 114 Å². The number of likely N-dealkylation sites (tertiary alicyclic amines) is 2. The fraction of sp³-hybridized carbons (Fsp3) is 0.526. The number of piperidine rings is 1. The van der Waals surface area contributed by atoms with Gasteiger partial charge in [-0.3, -0.25) is 4.79 Å². The van der Waals surface area contributed by atoms with Crippen LogP contribution < -0.4 is 31.2 Å². The second kappa shape index (κ2) is 45.8. The Hall–Kier alpha value is -8.34. The van der Waals surface area contributed by atoms with Gasteiger partial charge in [-0.15, -0.1) is 56.7 Å². The SMILES string of the molecule is COC1CCC(Nc2nc(Cc3cc(C)ns3)nc3ccsc23)CC1.Cc1cc(Cc2nc(NC3CCC(C(N)=O)CC3)c3sccc3n2)sn1.Cc1cc(Cc2nc(NC3CCC(CO)CC3)c3sccc3n2)sn1.Cc1cc(Cc2nc(OC3CCC(N4CCCC4)CC3)c3sccc3n2)sn1.Cc1cc(Cc2nc(OC3CCC(N4CCCCC4)CC3)c3sccc3n2)sn1. The molecule has 0 bridgehead atoms. The molecular weight excluding hydrogens is 1860 g/mol. The fourth-order valence-electron chi connectivity index (χ4n) is 19.4. The quantitative estimate of drug-likeness (QED) is 0.0355. The van der Waals surface area contributed by atoms with Gasteiger partial charge in [0.15, 0.2) is 0 Å². The molecule has 2 saturated heterocycles. The molecule has 17 heterocycles. The highest BCUT2D eigenvalue weighted by atomic mass is 32.1. The van der Waals surface area contributed by atoms with Gasteiger partial charge in [0.1, 0.15) is 68.2 Å². The summed E-state index contributed by atoms with van der Waals surface area (Å²) in [5, 5.41) is 30.6. The van der Waals surface area contributed by atoms with E-state index in [1.54, 1.807) is 56.7 Å². The zero-order valence-corrected chi connectivity index (χ0v) is 84.7. The number of hydrogen-bond donors (Lipinski definition) is 5. The van der Waals surface area contributed by atoms with E-state index in [1.807, 2.05) is 47.8 Å². The monoisotopic (exact) mass is 1980 g/mol. The van der Waals surface area contributed by atoms with E-state index >= 15 is 0 Å². The van der Waals surface area contributed by atoms with Crippen molar-refractivity contribution in [3.05, 3.63) is 170 Å². The Kier molecular flexibility index (Phi) is 32.7. The number of carbonyl (C=O) groups is 1. The van der Waals surface area contributed by atoms with E-state index < -0.39 is 0 Å². The van der Waals surface area contributed by atoms with E-state index in [2.05, 4.69) is 129 Å². The number of carbonyl (C=O) groups excluding carboxylic acids is 1. The van der Waals surface area contributed by atoms with Gasteiger partial charge in [-0.1, -0.05) is 6.42 Å². The number of nitrogens with zero attached hydrogens (tertiary/aromatic N) is 17. The predicted molar refractivity (Wildman–Crippen MR) is 547 cm³/mol. The number of fused-ring (bicyclic) bond motifs is 5. The normalized spacial score (nSPS) is 21.9. The number of ether oxygens (including phenoxy) is 3. The lowest BCUT2D eigenvalue weighted by Crippen LogP contribution is -2.42. The first-order valence-corrected chi connectivity index (χ1v) is 55.6. The summed E-state index contributed by atoms with van der Waals surface area (Å²) in [4.78, 5) is 70.5. The molecule has 7 aliphatic rings. The number of hydrogen-bond acceptors (Lipinski definition) is 35. The Labute approximate surface area is 818 Å². The average molecular weight is 1980 g/mol. The second-order valence-corrected chi connectivity index (χ2v) is 45.5. The van der Waals surface area contributed by atoms with Gasteiger partial charge in [-0.2, -0.15) is 31.8 Å². The van der Waals surface area contributed by atoms with Crippen LogP contribution in [0.1, 0.15) is 242 Å². The second-order valence-electron chi connectivity index (χ2n) is 36.5. The maximum atomic E-state index is 11.4. The molecule has 22 rings (SSSR count). The van der Waals surface area contributed by atoms with Crippen molar-refractivity contribution < 1.29 is 24.1 Å². The molecule has 133 heavy (non-hydrogen) atoms. The summed E-state index contributed by atoms with van der Waals surface area (Å²) in [6, 6.07) is 23.6. The van der Waals surface area contributed by atoms with Crippen molar-refractivity contribution in [3.63, 3.8) is 0 Å². The van der Waals surface area contributed by atoms with Crippen LogP contribution in [0.25, 0.3) is 51.1 Å². The molecule has 5 aliphatic carbocycles. The van der Waals surface area contributed by atoms with Crippen molar-refractivity contribution in [1.82, 2.24) is 81.5 Å². The number of anilines is 3. The Morgan fingerprint density at radius 1 is 0.368 bits per heavy atom. The first-order chi connectivity index (χ1) is 65.0. The summed E-state index contributed by atoms with van der Waals surface area (Å²) in [5.41, 5.74) is 15.7. The van der Waals surface area contributed by atoms with Crippen LogP contribution in [0, 0.1) is 46.5 Å². The fourth-order valence-corrected chi connectivity index (χ4v) is 27.0. The molecule has 0 aromatic carbocycles. The van der Waals surface area contributed by atoms with Crippen molar-refractivity contribution in [2.24, 2.45) is 17.6 Å². The number of thiophene rings is 5. The summed E-state index contributed by atoms with van der Waals surface area (Å²) in [5.74, 6) is 8.91. The smallest absolute Gasteiger partial charge is 0.235 e. The van der Waals surface area contributed by atoms with Gasteiger partial charge in [-0.05, 0) is 366 Å². The molecule has 702 valence electrons. The maximum absolute atomic E-state index is 11.4. The number of rotatable bonds is 25. The van der Waals surface area contributed by atoms with Gasteiger partial charge in [-0.25, -0.2) is 39.9 Å². The standard InChI is InChI=1S/C22H28N4OS2.C21H26N4OS2.C18H21N5OS2.2C18H22N4OS2/c1-15-13-18(29-25-15)14-20-23-19-9-12-28-21(19)22(24-20)27-17-7-5-16(6-8-17)26-10-3-2-4-11-26;1-14-12-17(28-24-14)13-19-22-18-8-11-27-20(18)21(23-19)26-16-6-4-15(5-7-16)25-9-2-3-10-25;1-10-8-13(26-23-10)9-15-21-14-6-7-25-16(14)18(22-15)20-12-4-2-11(3-5-12)17(19)24;1-11-9-14(25-22-11)10-16-20-15-7-8-24-17(15)18(21-16)19-12-3-5-13(23-2)6-4-12;1-11-8-14(25-22-11)9-16-20-15-6-7-24-17(15)18(21-16)19-13-4-2-12(10-23)3-5-13/h9,12-13,16-17H,2-8,10-11,14H2,1H3;8,11-12,15-16H,2-7,9-10,13H2,1H3;6-8,11-12H,2-5,9H2,1H3,(H2,19,24)(H,20,21,22);7-9,12-13H,3-6,10H2,1-2H3,(H,19,20,21);6-8,12-13,23H,2-5,9-10H2,1H3,(H,19,20,21). The molecule has 36 heteroatoms. The number of aryl methyl sites for hydroxylation is 5. The summed E-state index contributed by atoms with van der Waals surface area (Å²) < 4.78 is 45.7. The third kappa shape index (κ3) is 25.5. The predicted octanol–water partition coefficient (Wildman–Crippen LogP) is 22.0. The number of aliphatic hydroxyl groups is 1. The lowest BCUT2D eigenvalue weighted by molar-refractivity contribution is -0.122. The van der Waals surface area contributed by atoms with Crippen molar-refractivity contribution >= 4 is 189 Å². The minimum absolute atomic E-state index is 0.0188. The molecule has 6 N–H and O–H groups in total. The molecule has 1 amide bonds. The van der Waals surface area contributed by atoms with E-state index in [4.69, 9.17) is 69.8 Å². The first kappa shape index (κ1) is 95.0. The van der Waals surface area contributed by atoms with Crippen LogP contribution in [0.5, 0.6) is 11.8 Å². The Morgan fingerprint density at radius 2 is 0.654 bits per heavy atom. The number of amides is 1. The lowest BCUT2D eigenvalue weighted by Gasteiger charge is -2.38. The van der Waals surface area contributed by atoms with Crippen LogP contribution in [-0.2, 0) is 41.6 Å². The molecule has 15 aromatic rings. The number of nitrogens with one attached hydrogen (secondary N) is 3. The van der Waals surface area contributed by atoms with Gasteiger partial charge in [0.25, 0.3) is 0 Å². The highest BCUT2D eigenvalue weighted by Gasteiger charge is 2.33. The van der Waals surface area contributed by atoms with Gasteiger partial charge < -0.3 is 50.8 Å². The molecule has 0 spiro atoms. The van der Waals surface area contributed by atoms with Crippen molar-refractivity contribution in [1.29, 1.82) is 0 Å². The third-order valence-corrected chi connectivity index (χ3v) is 35.3. The Morgan fingerprint density at radius 3 is 0.955 bits per heavy atom. The van der Waals surface area contributed by atoms with Crippen molar-refractivity contribution in [3.8, 4) is 11.8 Å². The van der Waals surface area contributed by atoms with E-state index in [0.717, 1.165) is 278 Å². The lowest BCUT2D eigenvalue weighted by atomic mass is 9.85. The Balaban J connectivity index is 0.000000111. The minimum Gasteiger partial charge on any atom is -0.473 e.